The van der Waals surface area contributed by atoms with Gasteiger partial charge in [0.2, 0.25) is 5.91 Å². The fraction of sp³-hybridized carbons (Fsp3) is 0.588. The highest BCUT2D eigenvalue weighted by atomic mass is 32.2. The van der Waals surface area contributed by atoms with Crippen LogP contribution in [0, 0.1) is 0 Å². The van der Waals surface area contributed by atoms with E-state index in [0.717, 1.165) is 12.1 Å². The molecule has 0 saturated carbocycles. The van der Waals surface area contributed by atoms with Crippen LogP contribution in [0.1, 0.15) is 32.4 Å². The molecule has 5 nitrogen and oxygen atoms in total. The summed E-state index contributed by atoms with van der Waals surface area (Å²) in [4.78, 5) is 16.6. The fourth-order valence-electron chi connectivity index (χ4n) is 2.64. The first-order valence-electron chi connectivity index (χ1n) is 7.87. The van der Waals surface area contributed by atoms with Crippen LogP contribution in [-0.4, -0.2) is 61.3 Å². The Labute approximate surface area is 139 Å². The van der Waals surface area contributed by atoms with E-state index >= 15 is 0 Å². The van der Waals surface area contributed by atoms with Crippen LogP contribution in [0.2, 0.25) is 0 Å². The Morgan fingerprint density at radius 3 is 2.35 bits per heavy atom. The Balaban J connectivity index is 2.23. The number of amides is 1. The van der Waals surface area contributed by atoms with Gasteiger partial charge >= 0.3 is 0 Å². The van der Waals surface area contributed by atoms with Crippen LogP contribution in [0.15, 0.2) is 30.3 Å². The maximum atomic E-state index is 12.7. The van der Waals surface area contributed by atoms with Gasteiger partial charge < -0.3 is 9.80 Å². The van der Waals surface area contributed by atoms with E-state index in [1.54, 1.807) is 25.7 Å². The molecule has 0 aromatic heterocycles. The number of nitrogens with zero attached hydrogens (tertiary/aromatic N) is 2. The Morgan fingerprint density at radius 2 is 1.78 bits per heavy atom. The molecule has 0 radical (unpaired) electrons. The standard InChI is InChI=1S/C17H26N2O3S/c1-17(2,3)23(21,22)13-16(20)19-11-10-18(4)12-15(19)14-8-6-5-7-9-14/h5-9,15H,10-13H2,1-4H3/t15-/m0/s1. The van der Waals surface area contributed by atoms with Crippen molar-refractivity contribution in [1.29, 1.82) is 0 Å². The minimum absolute atomic E-state index is 0.0994. The molecule has 1 saturated heterocycles. The quantitative estimate of drug-likeness (QED) is 0.842. The topological polar surface area (TPSA) is 57.7 Å². The monoisotopic (exact) mass is 338 g/mol. The Bertz CT molecular complexity index is 650. The van der Waals surface area contributed by atoms with E-state index in [1.807, 2.05) is 37.4 Å². The summed E-state index contributed by atoms with van der Waals surface area (Å²) in [5, 5.41) is 0. The normalized spacial score (nSPS) is 20.5. The van der Waals surface area contributed by atoms with Crippen molar-refractivity contribution in [2.24, 2.45) is 0 Å². The third-order valence-corrected chi connectivity index (χ3v) is 6.83. The van der Waals surface area contributed by atoms with Gasteiger partial charge in [-0.05, 0) is 33.4 Å². The van der Waals surface area contributed by atoms with E-state index in [4.69, 9.17) is 0 Å². The predicted molar refractivity (Wildman–Crippen MR) is 91.9 cm³/mol. The highest BCUT2D eigenvalue weighted by Gasteiger charge is 2.36. The van der Waals surface area contributed by atoms with E-state index in [0.29, 0.717) is 13.1 Å². The first kappa shape index (κ1) is 17.9. The summed E-state index contributed by atoms with van der Waals surface area (Å²) in [5.41, 5.74) is 1.04. The minimum atomic E-state index is -3.47. The van der Waals surface area contributed by atoms with E-state index in [-0.39, 0.29) is 11.9 Å². The summed E-state index contributed by atoms with van der Waals surface area (Å²) in [6.07, 6.45) is 0. The first-order chi connectivity index (χ1) is 10.6. The molecule has 0 bridgehead atoms. The second-order valence-electron chi connectivity index (χ2n) is 7.15. The number of benzene rings is 1. The SMILES string of the molecule is CN1CCN(C(=O)CS(=O)(=O)C(C)(C)C)[C@H](c2ccccc2)C1. The second-order valence-corrected chi connectivity index (χ2v) is 9.89. The Morgan fingerprint density at radius 1 is 1.17 bits per heavy atom. The molecule has 23 heavy (non-hydrogen) atoms. The molecule has 1 aliphatic rings. The van der Waals surface area contributed by atoms with Crippen molar-refractivity contribution in [3.8, 4) is 0 Å². The Hall–Kier alpha value is -1.40. The van der Waals surface area contributed by atoms with E-state index in [9.17, 15) is 13.2 Å². The van der Waals surface area contributed by atoms with Gasteiger partial charge in [-0.25, -0.2) is 8.42 Å². The lowest BCUT2D eigenvalue weighted by molar-refractivity contribution is -0.133. The zero-order chi connectivity index (χ0) is 17.3. The van der Waals surface area contributed by atoms with Crippen molar-refractivity contribution < 1.29 is 13.2 Å². The van der Waals surface area contributed by atoms with Crippen LogP contribution < -0.4 is 0 Å². The molecule has 1 aliphatic heterocycles. The lowest BCUT2D eigenvalue weighted by Crippen LogP contribution is -2.51. The van der Waals surface area contributed by atoms with E-state index in [2.05, 4.69) is 4.90 Å². The number of sulfone groups is 1. The second kappa shape index (κ2) is 6.61. The van der Waals surface area contributed by atoms with Crippen LogP contribution in [0.3, 0.4) is 0 Å². The summed E-state index contributed by atoms with van der Waals surface area (Å²) in [7, 11) is -1.45. The summed E-state index contributed by atoms with van der Waals surface area (Å²) in [6.45, 7) is 6.92. The van der Waals surface area contributed by atoms with Crippen molar-refractivity contribution in [2.45, 2.75) is 31.6 Å². The number of hydrogen-bond donors (Lipinski definition) is 0. The van der Waals surface area contributed by atoms with Crippen LogP contribution in [0.25, 0.3) is 0 Å². The molecule has 1 amide bonds. The van der Waals surface area contributed by atoms with Crippen LogP contribution >= 0.6 is 0 Å². The molecule has 1 fully saturated rings. The van der Waals surface area contributed by atoms with Crippen molar-refractivity contribution in [2.75, 3.05) is 32.4 Å². The smallest absolute Gasteiger partial charge is 0.238 e. The first-order valence-corrected chi connectivity index (χ1v) is 9.52. The molecule has 1 heterocycles. The van der Waals surface area contributed by atoms with Crippen molar-refractivity contribution >= 4 is 15.7 Å². The van der Waals surface area contributed by atoms with Gasteiger partial charge in [-0.1, -0.05) is 30.3 Å². The van der Waals surface area contributed by atoms with Gasteiger partial charge in [-0.2, -0.15) is 0 Å². The van der Waals surface area contributed by atoms with Gasteiger partial charge in [0.1, 0.15) is 5.75 Å². The molecule has 128 valence electrons. The minimum Gasteiger partial charge on any atom is -0.332 e. The largest absolute Gasteiger partial charge is 0.332 e. The molecule has 0 aliphatic carbocycles. The molecular weight excluding hydrogens is 312 g/mol. The average Bonchev–Trinajstić information content (AvgIpc) is 2.46. The summed E-state index contributed by atoms with van der Waals surface area (Å²) in [5.74, 6) is -0.731. The highest BCUT2D eigenvalue weighted by molar-refractivity contribution is 7.93. The summed E-state index contributed by atoms with van der Waals surface area (Å²) < 4.78 is 23.8. The number of carbonyl (C=O) groups is 1. The molecule has 1 aromatic rings. The van der Waals surface area contributed by atoms with Gasteiger partial charge in [0.05, 0.1) is 10.8 Å². The van der Waals surface area contributed by atoms with Crippen molar-refractivity contribution in [3.63, 3.8) is 0 Å². The molecule has 1 aromatic carbocycles. The molecule has 0 spiro atoms. The van der Waals surface area contributed by atoms with Gasteiger partial charge in [-0.3, -0.25) is 4.79 Å². The van der Waals surface area contributed by atoms with Crippen LogP contribution in [-0.2, 0) is 14.6 Å². The maximum Gasteiger partial charge on any atom is 0.238 e. The summed E-state index contributed by atoms with van der Waals surface area (Å²) in [6, 6.07) is 9.70. The maximum absolute atomic E-state index is 12.7. The third-order valence-electron chi connectivity index (χ3n) is 4.33. The van der Waals surface area contributed by atoms with E-state index in [1.165, 1.54) is 0 Å². The molecule has 0 unspecified atom stereocenters. The van der Waals surface area contributed by atoms with Gasteiger partial charge in [0.25, 0.3) is 0 Å². The van der Waals surface area contributed by atoms with Crippen molar-refractivity contribution in [1.82, 2.24) is 9.80 Å². The number of likely N-dealkylation sites (N-methyl/N-ethyl adjacent to an activating group) is 1. The number of hydrogen-bond acceptors (Lipinski definition) is 4. The number of piperazine rings is 1. The lowest BCUT2D eigenvalue weighted by atomic mass is 10.0. The van der Waals surface area contributed by atoms with Gasteiger partial charge in [0, 0.05) is 19.6 Å². The number of carbonyl (C=O) groups excluding carboxylic acids is 1. The fourth-order valence-corrected chi connectivity index (χ4v) is 3.56. The summed E-state index contributed by atoms with van der Waals surface area (Å²) >= 11 is 0. The predicted octanol–water partition coefficient (Wildman–Crippen LogP) is 1.71. The molecule has 0 N–H and O–H groups in total. The molecular formula is C17H26N2O3S. The van der Waals surface area contributed by atoms with Crippen molar-refractivity contribution in [3.05, 3.63) is 35.9 Å². The third kappa shape index (κ3) is 4.12. The molecule has 2 rings (SSSR count). The van der Waals surface area contributed by atoms with E-state index < -0.39 is 20.3 Å². The Kier molecular flexibility index (Phi) is 5.16. The zero-order valence-electron chi connectivity index (χ0n) is 14.3. The van der Waals surface area contributed by atoms with Crippen LogP contribution in [0.5, 0.6) is 0 Å². The van der Waals surface area contributed by atoms with Crippen LogP contribution in [0.4, 0.5) is 0 Å². The average molecular weight is 338 g/mol. The molecule has 1 atom stereocenters. The number of rotatable bonds is 3. The zero-order valence-corrected chi connectivity index (χ0v) is 15.1. The van der Waals surface area contributed by atoms with Gasteiger partial charge in [0.15, 0.2) is 9.84 Å². The lowest BCUT2D eigenvalue weighted by Gasteiger charge is -2.40. The van der Waals surface area contributed by atoms with Gasteiger partial charge in [-0.15, -0.1) is 0 Å². The molecule has 6 heteroatoms. The highest BCUT2D eigenvalue weighted by Crippen LogP contribution is 2.26.